The number of methoxy groups -OCH3 is 2. The third kappa shape index (κ3) is 4.39. The van der Waals surface area contributed by atoms with Crippen molar-refractivity contribution in [3.63, 3.8) is 0 Å². The summed E-state index contributed by atoms with van der Waals surface area (Å²) in [6.45, 7) is 0. The molecule has 3 aromatic carbocycles. The minimum Gasteiger partial charge on any atom is -0.497 e. The Morgan fingerprint density at radius 3 is 2.39 bits per heavy atom. The number of hydrogen-bond acceptors (Lipinski definition) is 5. The van der Waals surface area contributed by atoms with E-state index in [2.05, 4.69) is 10.2 Å². The zero-order valence-electron chi connectivity index (χ0n) is 16.9. The number of para-hydroxylation sites is 1. The molecule has 0 spiro atoms. The van der Waals surface area contributed by atoms with Crippen LogP contribution in [0.5, 0.6) is 11.5 Å². The van der Waals surface area contributed by atoms with Crippen LogP contribution in [-0.2, 0) is 5.75 Å². The summed E-state index contributed by atoms with van der Waals surface area (Å²) in [6, 6.07) is 18.6. The zero-order chi connectivity index (χ0) is 21.8. The predicted octanol–water partition coefficient (Wildman–Crippen LogP) is 5.52. The molecule has 1 heterocycles. The molecule has 0 fully saturated rings. The van der Waals surface area contributed by atoms with Crippen molar-refractivity contribution in [2.75, 3.05) is 14.2 Å². The molecule has 8 heteroatoms. The Labute approximate surface area is 182 Å². The van der Waals surface area contributed by atoms with Gasteiger partial charge in [-0.3, -0.25) is 4.57 Å². The molecule has 31 heavy (non-hydrogen) atoms. The molecular weight excluding hydrogens is 420 g/mol. The summed E-state index contributed by atoms with van der Waals surface area (Å²) in [4.78, 5) is 0. The Bertz CT molecular complexity index is 1200. The summed E-state index contributed by atoms with van der Waals surface area (Å²) in [5.41, 5.74) is 1.97. The highest BCUT2D eigenvalue weighted by molar-refractivity contribution is 7.98. The van der Waals surface area contributed by atoms with Crippen LogP contribution >= 0.6 is 11.8 Å². The van der Waals surface area contributed by atoms with Gasteiger partial charge in [-0.2, -0.15) is 0 Å². The highest BCUT2D eigenvalue weighted by Gasteiger charge is 2.19. The van der Waals surface area contributed by atoms with E-state index in [1.165, 1.54) is 23.9 Å². The van der Waals surface area contributed by atoms with Crippen LogP contribution in [0.25, 0.3) is 17.1 Å². The summed E-state index contributed by atoms with van der Waals surface area (Å²) >= 11 is 1.31. The van der Waals surface area contributed by atoms with E-state index < -0.39 is 11.6 Å². The van der Waals surface area contributed by atoms with Gasteiger partial charge in [-0.05, 0) is 48.0 Å². The fourth-order valence-corrected chi connectivity index (χ4v) is 4.05. The standard InChI is InChI=1S/C23H19F2N3O2S/c1-29-18-11-9-17(10-12-18)28-22(19-5-3-4-6-21(19)30-2)26-27-23(28)31-14-15-7-8-16(24)13-20(15)25/h3-13H,14H2,1-2H3. The monoisotopic (exact) mass is 439 g/mol. The molecular formula is C23H19F2N3O2S. The fourth-order valence-electron chi connectivity index (χ4n) is 3.11. The van der Waals surface area contributed by atoms with E-state index >= 15 is 0 Å². The van der Waals surface area contributed by atoms with Gasteiger partial charge >= 0.3 is 0 Å². The van der Waals surface area contributed by atoms with Crippen LogP contribution in [0.4, 0.5) is 8.78 Å². The molecule has 0 saturated heterocycles. The normalized spacial score (nSPS) is 10.8. The van der Waals surface area contributed by atoms with Gasteiger partial charge in [0.2, 0.25) is 0 Å². The lowest BCUT2D eigenvalue weighted by Gasteiger charge is -2.13. The van der Waals surface area contributed by atoms with Crippen LogP contribution in [0, 0.1) is 11.6 Å². The molecule has 0 radical (unpaired) electrons. The van der Waals surface area contributed by atoms with Crippen molar-refractivity contribution in [2.24, 2.45) is 0 Å². The van der Waals surface area contributed by atoms with Gasteiger partial charge in [-0.15, -0.1) is 10.2 Å². The predicted molar refractivity (Wildman–Crippen MR) is 116 cm³/mol. The highest BCUT2D eigenvalue weighted by atomic mass is 32.2. The van der Waals surface area contributed by atoms with E-state index in [1.807, 2.05) is 53.1 Å². The Hall–Kier alpha value is -3.39. The Morgan fingerprint density at radius 1 is 0.903 bits per heavy atom. The Balaban J connectivity index is 1.76. The largest absolute Gasteiger partial charge is 0.497 e. The van der Waals surface area contributed by atoms with Crippen LogP contribution in [-0.4, -0.2) is 29.0 Å². The molecule has 5 nitrogen and oxygen atoms in total. The number of aromatic nitrogens is 3. The molecule has 0 aliphatic carbocycles. The molecule has 0 amide bonds. The first-order valence-corrected chi connectivity index (χ1v) is 10.4. The van der Waals surface area contributed by atoms with Gasteiger partial charge in [0, 0.05) is 11.8 Å². The Morgan fingerprint density at radius 2 is 1.68 bits per heavy atom. The average molecular weight is 439 g/mol. The molecule has 0 N–H and O–H groups in total. The number of nitrogens with zero attached hydrogens (tertiary/aromatic N) is 3. The lowest BCUT2D eigenvalue weighted by molar-refractivity contribution is 0.414. The van der Waals surface area contributed by atoms with E-state index in [0.29, 0.717) is 22.3 Å². The maximum atomic E-state index is 14.1. The van der Waals surface area contributed by atoms with Gasteiger partial charge < -0.3 is 9.47 Å². The van der Waals surface area contributed by atoms with E-state index in [4.69, 9.17) is 9.47 Å². The first-order valence-electron chi connectivity index (χ1n) is 9.40. The topological polar surface area (TPSA) is 49.2 Å². The van der Waals surface area contributed by atoms with Crippen molar-refractivity contribution >= 4 is 11.8 Å². The number of thioether (sulfide) groups is 1. The average Bonchev–Trinajstić information content (AvgIpc) is 3.22. The van der Waals surface area contributed by atoms with Gasteiger partial charge in [0.25, 0.3) is 0 Å². The van der Waals surface area contributed by atoms with Crippen LogP contribution in [0.2, 0.25) is 0 Å². The van der Waals surface area contributed by atoms with E-state index in [-0.39, 0.29) is 5.75 Å². The van der Waals surface area contributed by atoms with Crippen LogP contribution in [0.3, 0.4) is 0 Å². The number of benzene rings is 3. The van der Waals surface area contributed by atoms with Crippen LogP contribution in [0.15, 0.2) is 71.9 Å². The molecule has 158 valence electrons. The maximum absolute atomic E-state index is 14.1. The van der Waals surface area contributed by atoms with Crippen LogP contribution < -0.4 is 9.47 Å². The molecule has 0 bridgehead atoms. The molecule has 0 aliphatic heterocycles. The molecule has 0 unspecified atom stereocenters. The summed E-state index contributed by atoms with van der Waals surface area (Å²) in [6.07, 6.45) is 0. The number of rotatable bonds is 7. The van der Waals surface area contributed by atoms with E-state index in [0.717, 1.165) is 23.1 Å². The first-order chi connectivity index (χ1) is 15.1. The Kier molecular flexibility index (Phi) is 6.18. The van der Waals surface area contributed by atoms with Gasteiger partial charge in [0.05, 0.1) is 25.5 Å². The second kappa shape index (κ2) is 9.18. The van der Waals surface area contributed by atoms with Crippen molar-refractivity contribution in [1.29, 1.82) is 0 Å². The van der Waals surface area contributed by atoms with Crippen molar-refractivity contribution in [3.8, 4) is 28.6 Å². The minimum atomic E-state index is -0.605. The summed E-state index contributed by atoms with van der Waals surface area (Å²) in [7, 11) is 3.20. The zero-order valence-corrected chi connectivity index (χ0v) is 17.7. The van der Waals surface area contributed by atoms with Gasteiger partial charge in [0.1, 0.15) is 23.1 Å². The fraction of sp³-hybridized carbons (Fsp3) is 0.130. The molecule has 0 atom stereocenters. The van der Waals surface area contributed by atoms with Gasteiger partial charge in [0.15, 0.2) is 11.0 Å². The minimum absolute atomic E-state index is 0.270. The molecule has 1 aromatic heterocycles. The third-order valence-electron chi connectivity index (χ3n) is 4.68. The van der Waals surface area contributed by atoms with Crippen molar-refractivity contribution in [3.05, 3.63) is 83.9 Å². The van der Waals surface area contributed by atoms with Crippen LogP contribution in [0.1, 0.15) is 5.56 Å². The summed E-state index contributed by atoms with van der Waals surface area (Å²) < 4.78 is 40.0. The smallest absolute Gasteiger partial charge is 0.196 e. The number of halogens is 2. The third-order valence-corrected chi connectivity index (χ3v) is 5.66. The number of ether oxygens (including phenoxy) is 2. The second-order valence-corrected chi connectivity index (χ2v) is 7.51. The lowest BCUT2D eigenvalue weighted by atomic mass is 10.2. The SMILES string of the molecule is COc1ccc(-n2c(SCc3ccc(F)cc3F)nnc2-c2ccccc2OC)cc1. The number of hydrogen-bond donors (Lipinski definition) is 0. The van der Waals surface area contributed by atoms with E-state index in [1.54, 1.807) is 14.2 Å². The van der Waals surface area contributed by atoms with Crippen molar-refractivity contribution in [1.82, 2.24) is 14.8 Å². The summed E-state index contributed by atoms with van der Waals surface area (Å²) in [5.74, 6) is 1.04. The highest BCUT2D eigenvalue weighted by Crippen LogP contribution is 2.34. The quantitative estimate of drug-likeness (QED) is 0.355. The first kappa shape index (κ1) is 20.9. The molecule has 4 aromatic rings. The van der Waals surface area contributed by atoms with Gasteiger partial charge in [-0.1, -0.05) is 30.0 Å². The molecule has 0 aliphatic rings. The van der Waals surface area contributed by atoms with Gasteiger partial charge in [-0.25, -0.2) is 8.78 Å². The molecule has 0 saturated carbocycles. The van der Waals surface area contributed by atoms with Crippen molar-refractivity contribution in [2.45, 2.75) is 10.9 Å². The second-order valence-electron chi connectivity index (χ2n) is 6.56. The summed E-state index contributed by atoms with van der Waals surface area (Å²) in [5, 5.41) is 9.30. The maximum Gasteiger partial charge on any atom is 0.196 e. The van der Waals surface area contributed by atoms with E-state index in [9.17, 15) is 8.78 Å². The lowest BCUT2D eigenvalue weighted by Crippen LogP contribution is -2.01. The van der Waals surface area contributed by atoms with Crippen molar-refractivity contribution < 1.29 is 18.3 Å². The molecule has 4 rings (SSSR count).